The van der Waals surface area contributed by atoms with Gasteiger partial charge in [0.25, 0.3) is 0 Å². The van der Waals surface area contributed by atoms with Crippen molar-refractivity contribution in [2.24, 2.45) is 16.3 Å². The van der Waals surface area contributed by atoms with Crippen molar-refractivity contribution in [3.63, 3.8) is 0 Å². The number of guanidine groups is 1. The minimum Gasteiger partial charge on any atom is -0.381 e. The van der Waals surface area contributed by atoms with Crippen LogP contribution in [0, 0.1) is 11.3 Å². The highest BCUT2D eigenvalue weighted by atomic mass is 16.5. The lowest BCUT2D eigenvalue weighted by Crippen LogP contribution is -2.63. The van der Waals surface area contributed by atoms with Gasteiger partial charge in [-0.05, 0) is 31.8 Å². The Labute approximate surface area is 129 Å². The van der Waals surface area contributed by atoms with Crippen LogP contribution in [-0.4, -0.2) is 63.3 Å². The molecule has 0 aromatic heterocycles. The first-order valence-electron chi connectivity index (χ1n) is 8.23. The average molecular weight is 296 g/mol. The number of nitrogens with one attached hydrogen (secondary N) is 2. The zero-order valence-electron chi connectivity index (χ0n) is 14.3. The van der Waals surface area contributed by atoms with Gasteiger partial charge in [-0.25, -0.2) is 0 Å². The average Bonchev–Trinajstić information content (AvgIpc) is 2.94. The predicted molar refractivity (Wildman–Crippen MR) is 87.7 cm³/mol. The van der Waals surface area contributed by atoms with Crippen molar-refractivity contribution in [3.8, 4) is 0 Å². The van der Waals surface area contributed by atoms with Crippen LogP contribution in [0.1, 0.15) is 33.6 Å². The Kier molecular flexibility index (Phi) is 5.49. The van der Waals surface area contributed by atoms with Gasteiger partial charge in [-0.3, -0.25) is 4.99 Å². The van der Waals surface area contributed by atoms with Crippen LogP contribution in [0.15, 0.2) is 4.99 Å². The standard InChI is InChI=1S/C16H32N4O/c1-6-20-8-7-12(11-20)10-18-15(17-4)19-13-9-14(21-5)16(13,2)3/h12-14H,6-11H2,1-5H3,(H2,17,18,19). The van der Waals surface area contributed by atoms with Crippen molar-refractivity contribution in [3.05, 3.63) is 0 Å². The van der Waals surface area contributed by atoms with E-state index < -0.39 is 0 Å². The SMILES string of the molecule is CCN1CCC(CNC(=NC)NC2CC(OC)C2(C)C)C1. The molecule has 5 heteroatoms. The summed E-state index contributed by atoms with van der Waals surface area (Å²) in [5.74, 6) is 1.67. The Morgan fingerprint density at radius 3 is 2.71 bits per heavy atom. The molecule has 0 amide bonds. The maximum Gasteiger partial charge on any atom is 0.191 e. The number of nitrogens with zero attached hydrogens (tertiary/aromatic N) is 2. The molecule has 0 aromatic rings. The van der Waals surface area contributed by atoms with Gasteiger partial charge in [-0.1, -0.05) is 20.8 Å². The lowest BCUT2D eigenvalue weighted by Gasteiger charge is -2.51. The first-order chi connectivity index (χ1) is 10.0. The number of rotatable bonds is 5. The molecule has 2 aliphatic rings. The Balaban J connectivity index is 1.75. The molecule has 2 fully saturated rings. The molecule has 1 aliphatic heterocycles. The van der Waals surface area contributed by atoms with E-state index in [-0.39, 0.29) is 5.41 Å². The molecular formula is C16H32N4O. The van der Waals surface area contributed by atoms with Gasteiger partial charge in [0.2, 0.25) is 0 Å². The Morgan fingerprint density at radius 2 is 2.19 bits per heavy atom. The van der Waals surface area contributed by atoms with E-state index in [2.05, 4.69) is 41.3 Å². The van der Waals surface area contributed by atoms with E-state index in [4.69, 9.17) is 4.74 Å². The summed E-state index contributed by atoms with van der Waals surface area (Å²) in [5, 5.41) is 7.05. The highest BCUT2D eigenvalue weighted by Crippen LogP contribution is 2.42. The second-order valence-electron chi connectivity index (χ2n) is 6.98. The molecule has 1 aliphatic carbocycles. The first kappa shape index (κ1) is 16.6. The third-order valence-electron chi connectivity index (χ3n) is 5.37. The molecule has 3 unspecified atom stereocenters. The number of likely N-dealkylation sites (tertiary alicyclic amines) is 1. The molecule has 5 nitrogen and oxygen atoms in total. The number of hydrogen-bond acceptors (Lipinski definition) is 3. The lowest BCUT2D eigenvalue weighted by molar-refractivity contribution is -0.0922. The predicted octanol–water partition coefficient (Wildman–Crippen LogP) is 1.31. The molecule has 122 valence electrons. The maximum absolute atomic E-state index is 5.51. The van der Waals surface area contributed by atoms with E-state index in [1.807, 2.05) is 7.05 Å². The fraction of sp³-hybridized carbons (Fsp3) is 0.938. The first-order valence-corrected chi connectivity index (χ1v) is 8.23. The summed E-state index contributed by atoms with van der Waals surface area (Å²) >= 11 is 0. The maximum atomic E-state index is 5.51. The Hall–Kier alpha value is -0.810. The largest absolute Gasteiger partial charge is 0.381 e. The highest BCUT2D eigenvalue weighted by molar-refractivity contribution is 5.80. The summed E-state index contributed by atoms with van der Waals surface area (Å²) < 4.78 is 5.51. The number of ether oxygens (including phenoxy) is 1. The molecule has 3 atom stereocenters. The summed E-state index contributed by atoms with van der Waals surface area (Å²) in [6.07, 6.45) is 2.69. The van der Waals surface area contributed by atoms with Crippen LogP contribution < -0.4 is 10.6 Å². The second-order valence-corrected chi connectivity index (χ2v) is 6.98. The molecule has 0 radical (unpaired) electrons. The van der Waals surface area contributed by atoms with E-state index in [0.29, 0.717) is 12.1 Å². The molecule has 1 saturated carbocycles. The van der Waals surface area contributed by atoms with Gasteiger partial charge in [0.1, 0.15) is 0 Å². The van der Waals surface area contributed by atoms with E-state index in [0.717, 1.165) is 31.4 Å². The fourth-order valence-electron chi connectivity index (χ4n) is 3.50. The van der Waals surface area contributed by atoms with Gasteiger partial charge < -0.3 is 20.3 Å². The summed E-state index contributed by atoms with van der Waals surface area (Å²) in [6.45, 7) is 11.4. The third kappa shape index (κ3) is 3.69. The number of hydrogen-bond donors (Lipinski definition) is 2. The topological polar surface area (TPSA) is 48.9 Å². The van der Waals surface area contributed by atoms with Crippen molar-refractivity contribution >= 4 is 5.96 Å². The van der Waals surface area contributed by atoms with E-state index >= 15 is 0 Å². The monoisotopic (exact) mass is 296 g/mol. The molecule has 1 heterocycles. The van der Waals surface area contributed by atoms with Gasteiger partial charge in [0, 0.05) is 38.7 Å². The van der Waals surface area contributed by atoms with Crippen LogP contribution >= 0.6 is 0 Å². The summed E-state index contributed by atoms with van der Waals surface area (Å²) in [4.78, 5) is 6.88. The van der Waals surface area contributed by atoms with Crippen molar-refractivity contribution in [2.45, 2.75) is 45.8 Å². The van der Waals surface area contributed by atoms with Crippen LogP contribution in [0.3, 0.4) is 0 Å². The minimum absolute atomic E-state index is 0.165. The summed E-state index contributed by atoms with van der Waals surface area (Å²) in [6, 6.07) is 0.435. The molecule has 0 bridgehead atoms. The van der Waals surface area contributed by atoms with Crippen LogP contribution in [0.2, 0.25) is 0 Å². The minimum atomic E-state index is 0.165. The lowest BCUT2D eigenvalue weighted by atomic mass is 9.64. The van der Waals surface area contributed by atoms with Gasteiger partial charge >= 0.3 is 0 Å². The number of methoxy groups -OCH3 is 1. The van der Waals surface area contributed by atoms with Crippen LogP contribution in [0.4, 0.5) is 0 Å². The van der Waals surface area contributed by atoms with E-state index in [9.17, 15) is 0 Å². The second kappa shape index (κ2) is 6.97. The van der Waals surface area contributed by atoms with Gasteiger partial charge in [-0.2, -0.15) is 0 Å². The molecule has 2 N–H and O–H groups in total. The smallest absolute Gasteiger partial charge is 0.191 e. The Bertz CT molecular complexity index is 369. The third-order valence-corrected chi connectivity index (χ3v) is 5.37. The van der Waals surface area contributed by atoms with Crippen LogP contribution in [-0.2, 0) is 4.74 Å². The quantitative estimate of drug-likeness (QED) is 0.593. The molecule has 1 saturated heterocycles. The Morgan fingerprint density at radius 1 is 1.43 bits per heavy atom. The normalized spacial score (nSPS) is 32.8. The van der Waals surface area contributed by atoms with Crippen LogP contribution in [0.25, 0.3) is 0 Å². The fourth-order valence-corrected chi connectivity index (χ4v) is 3.50. The van der Waals surface area contributed by atoms with Crippen molar-refractivity contribution in [2.75, 3.05) is 40.3 Å². The van der Waals surface area contributed by atoms with Crippen molar-refractivity contribution in [1.82, 2.24) is 15.5 Å². The zero-order chi connectivity index (χ0) is 15.5. The highest BCUT2D eigenvalue weighted by Gasteiger charge is 2.48. The molecule has 21 heavy (non-hydrogen) atoms. The van der Waals surface area contributed by atoms with E-state index in [1.54, 1.807) is 7.11 Å². The van der Waals surface area contributed by atoms with Crippen molar-refractivity contribution in [1.29, 1.82) is 0 Å². The molecular weight excluding hydrogens is 264 g/mol. The molecule has 2 rings (SSSR count). The van der Waals surface area contributed by atoms with Crippen LogP contribution in [0.5, 0.6) is 0 Å². The summed E-state index contributed by atoms with van der Waals surface area (Å²) in [5.41, 5.74) is 0.165. The van der Waals surface area contributed by atoms with Gasteiger partial charge in [-0.15, -0.1) is 0 Å². The summed E-state index contributed by atoms with van der Waals surface area (Å²) in [7, 11) is 3.65. The van der Waals surface area contributed by atoms with Gasteiger partial charge in [0.05, 0.1) is 6.10 Å². The van der Waals surface area contributed by atoms with Crippen molar-refractivity contribution < 1.29 is 4.74 Å². The van der Waals surface area contributed by atoms with Gasteiger partial charge in [0.15, 0.2) is 5.96 Å². The van der Waals surface area contributed by atoms with E-state index in [1.165, 1.54) is 19.5 Å². The zero-order valence-corrected chi connectivity index (χ0v) is 14.3. The number of aliphatic imine (C=N–C) groups is 1. The molecule has 0 aromatic carbocycles. The molecule has 0 spiro atoms.